The number of ether oxygens (including phenoxy) is 1. The first-order valence-electron chi connectivity index (χ1n) is 9.97. The Balaban J connectivity index is 1.85. The van der Waals surface area contributed by atoms with Crippen molar-refractivity contribution < 1.29 is 9.53 Å². The standard InChI is InChI=1S/C21H19ClN4O3S/c1-2-29-20(28)17-24-26(13-10-8-12(22)9-11-13)21-23-18-16(19(27)25(17)21)14-6-4-3-5-7-15(14)30-18/h8-11H,2-7H2,1H3. The topological polar surface area (TPSA) is 78.5 Å². The average molecular weight is 443 g/mol. The van der Waals surface area contributed by atoms with Crippen molar-refractivity contribution in [3.63, 3.8) is 0 Å². The lowest BCUT2D eigenvalue weighted by Gasteiger charge is -2.03. The van der Waals surface area contributed by atoms with Crippen LogP contribution in [0, 0.1) is 0 Å². The normalized spacial score (nSPS) is 14.1. The molecule has 0 radical (unpaired) electrons. The summed E-state index contributed by atoms with van der Waals surface area (Å²) in [4.78, 5) is 32.9. The maximum atomic E-state index is 13.6. The maximum absolute atomic E-state index is 13.6. The molecule has 0 bridgehead atoms. The van der Waals surface area contributed by atoms with Crippen LogP contribution in [-0.4, -0.2) is 31.7 Å². The predicted molar refractivity (Wildman–Crippen MR) is 116 cm³/mol. The van der Waals surface area contributed by atoms with Gasteiger partial charge in [0.15, 0.2) is 0 Å². The number of carbonyl (C=O) groups is 1. The Morgan fingerprint density at radius 3 is 2.73 bits per heavy atom. The number of carbonyl (C=O) groups excluding carboxylic acids is 1. The van der Waals surface area contributed by atoms with Gasteiger partial charge in [0, 0.05) is 9.90 Å². The van der Waals surface area contributed by atoms with Gasteiger partial charge < -0.3 is 4.74 Å². The molecule has 3 aromatic heterocycles. The lowest BCUT2D eigenvalue weighted by molar-refractivity contribution is 0.0509. The van der Waals surface area contributed by atoms with Gasteiger partial charge in [-0.2, -0.15) is 4.68 Å². The van der Waals surface area contributed by atoms with E-state index in [-0.39, 0.29) is 23.8 Å². The van der Waals surface area contributed by atoms with Crippen LogP contribution in [0.25, 0.3) is 21.7 Å². The molecule has 4 aromatic rings. The molecule has 0 saturated carbocycles. The van der Waals surface area contributed by atoms with Crippen LogP contribution in [0.2, 0.25) is 5.02 Å². The second-order valence-corrected chi connectivity index (χ2v) is 8.75. The molecule has 154 valence electrons. The first-order valence-corrected chi connectivity index (χ1v) is 11.2. The number of fused-ring (bicyclic) bond motifs is 4. The molecule has 0 saturated heterocycles. The Hall–Kier alpha value is -2.71. The van der Waals surface area contributed by atoms with E-state index in [0.717, 1.165) is 37.7 Å². The van der Waals surface area contributed by atoms with Gasteiger partial charge >= 0.3 is 5.97 Å². The summed E-state index contributed by atoms with van der Waals surface area (Å²) in [5.74, 6) is -0.441. The largest absolute Gasteiger partial charge is 0.460 e. The summed E-state index contributed by atoms with van der Waals surface area (Å²) < 4.78 is 7.94. The lowest BCUT2D eigenvalue weighted by Crippen LogP contribution is -2.21. The van der Waals surface area contributed by atoms with Crippen LogP contribution in [0.5, 0.6) is 0 Å². The van der Waals surface area contributed by atoms with Crippen molar-refractivity contribution in [3.05, 3.63) is 55.9 Å². The summed E-state index contributed by atoms with van der Waals surface area (Å²) in [5.41, 5.74) is 1.46. The number of aryl methyl sites for hydroxylation is 2. The minimum absolute atomic E-state index is 0.0743. The van der Waals surface area contributed by atoms with Gasteiger partial charge in [0.25, 0.3) is 5.56 Å². The van der Waals surface area contributed by atoms with Crippen LogP contribution in [0.15, 0.2) is 29.1 Å². The molecule has 0 fully saturated rings. The first-order chi connectivity index (χ1) is 14.6. The molecule has 1 aliphatic rings. The van der Waals surface area contributed by atoms with E-state index in [2.05, 4.69) is 5.10 Å². The van der Waals surface area contributed by atoms with Gasteiger partial charge in [-0.25, -0.2) is 14.2 Å². The van der Waals surface area contributed by atoms with Gasteiger partial charge in [-0.15, -0.1) is 16.4 Å². The fourth-order valence-electron chi connectivity index (χ4n) is 3.97. The highest BCUT2D eigenvalue weighted by Gasteiger charge is 2.26. The number of hydrogen-bond acceptors (Lipinski definition) is 6. The number of hydrogen-bond donors (Lipinski definition) is 0. The van der Waals surface area contributed by atoms with Crippen LogP contribution in [-0.2, 0) is 17.6 Å². The van der Waals surface area contributed by atoms with Crippen molar-refractivity contribution in [2.24, 2.45) is 0 Å². The zero-order valence-electron chi connectivity index (χ0n) is 16.4. The molecule has 0 amide bonds. The van der Waals surface area contributed by atoms with Crippen LogP contribution >= 0.6 is 22.9 Å². The Morgan fingerprint density at radius 2 is 1.97 bits per heavy atom. The molecule has 9 heteroatoms. The van der Waals surface area contributed by atoms with E-state index < -0.39 is 5.97 Å². The molecule has 30 heavy (non-hydrogen) atoms. The Bertz CT molecular complexity index is 1340. The van der Waals surface area contributed by atoms with E-state index in [9.17, 15) is 9.59 Å². The van der Waals surface area contributed by atoms with Gasteiger partial charge in [-0.3, -0.25) is 4.79 Å². The molecule has 1 aromatic carbocycles. The molecule has 1 aliphatic carbocycles. The molecule has 0 unspecified atom stereocenters. The second-order valence-electron chi connectivity index (χ2n) is 7.23. The molecule has 0 aliphatic heterocycles. The van der Waals surface area contributed by atoms with E-state index in [0.29, 0.717) is 20.9 Å². The monoisotopic (exact) mass is 442 g/mol. The number of esters is 1. The van der Waals surface area contributed by atoms with Gasteiger partial charge in [0.1, 0.15) is 4.83 Å². The predicted octanol–water partition coefficient (Wildman–Crippen LogP) is 4.19. The third-order valence-electron chi connectivity index (χ3n) is 5.35. The number of nitrogens with zero attached hydrogens (tertiary/aromatic N) is 4. The molecule has 0 spiro atoms. The first kappa shape index (κ1) is 19.3. The number of aromatic nitrogens is 4. The molecular formula is C21H19ClN4O3S. The van der Waals surface area contributed by atoms with Crippen molar-refractivity contribution in [3.8, 4) is 5.69 Å². The third-order valence-corrected chi connectivity index (χ3v) is 6.78. The molecule has 0 atom stereocenters. The molecule has 0 N–H and O–H groups in total. The molecule has 3 heterocycles. The number of benzene rings is 1. The van der Waals surface area contributed by atoms with Crippen LogP contribution < -0.4 is 5.56 Å². The van der Waals surface area contributed by atoms with Crippen molar-refractivity contribution in [2.45, 2.75) is 39.0 Å². The lowest BCUT2D eigenvalue weighted by atomic mass is 10.1. The van der Waals surface area contributed by atoms with E-state index in [4.69, 9.17) is 21.3 Å². The highest BCUT2D eigenvalue weighted by atomic mass is 35.5. The van der Waals surface area contributed by atoms with E-state index >= 15 is 0 Å². The summed E-state index contributed by atoms with van der Waals surface area (Å²) in [5, 5.41) is 5.59. The summed E-state index contributed by atoms with van der Waals surface area (Å²) in [6.45, 7) is 1.90. The van der Waals surface area contributed by atoms with Gasteiger partial charge in [0.2, 0.25) is 11.6 Å². The molecule has 7 nitrogen and oxygen atoms in total. The minimum atomic E-state index is -0.653. The SMILES string of the molecule is CCOC(=O)c1nn(-c2ccc(Cl)cc2)c2nc3sc4c(c3c(=O)n12)CCCCC4. The van der Waals surface area contributed by atoms with Crippen LogP contribution in [0.1, 0.15) is 47.2 Å². The zero-order chi connectivity index (χ0) is 20.8. The molecule has 5 rings (SSSR count). The summed E-state index contributed by atoms with van der Waals surface area (Å²) in [7, 11) is 0. The highest BCUT2D eigenvalue weighted by Crippen LogP contribution is 2.33. The summed E-state index contributed by atoms with van der Waals surface area (Å²) in [6.07, 6.45) is 5.15. The van der Waals surface area contributed by atoms with Crippen LogP contribution in [0.4, 0.5) is 0 Å². The van der Waals surface area contributed by atoms with Crippen molar-refractivity contribution >= 4 is 44.9 Å². The zero-order valence-corrected chi connectivity index (χ0v) is 17.9. The summed E-state index contributed by atoms with van der Waals surface area (Å²) >= 11 is 7.59. The van der Waals surface area contributed by atoms with Gasteiger partial charge in [-0.1, -0.05) is 18.0 Å². The van der Waals surface area contributed by atoms with Crippen molar-refractivity contribution in [2.75, 3.05) is 6.61 Å². The Labute approximate surface area is 180 Å². The van der Waals surface area contributed by atoms with Gasteiger partial charge in [-0.05, 0) is 62.4 Å². The quantitative estimate of drug-likeness (QED) is 0.351. The minimum Gasteiger partial charge on any atom is -0.460 e. The van der Waals surface area contributed by atoms with Crippen molar-refractivity contribution in [1.29, 1.82) is 0 Å². The Morgan fingerprint density at radius 1 is 1.20 bits per heavy atom. The maximum Gasteiger partial charge on any atom is 0.376 e. The molecular weight excluding hydrogens is 424 g/mol. The third kappa shape index (κ3) is 3.02. The highest BCUT2D eigenvalue weighted by molar-refractivity contribution is 7.18. The fraction of sp³-hybridized carbons (Fsp3) is 0.333. The van der Waals surface area contributed by atoms with Gasteiger partial charge in [0.05, 0.1) is 17.7 Å². The fourth-order valence-corrected chi connectivity index (χ4v) is 5.34. The van der Waals surface area contributed by atoms with E-state index in [1.54, 1.807) is 42.5 Å². The van der Waals surface area contributed by atoms with Crippen LogP contribution in [0.3, 0.4) is 0 Å². The van der Waals surface area contributed by atoms with E-state index in [1.165, 1.54) is 14.0 Å². The number of thiophene rings is 1. The smallest absolute Gasteiger partial charge is 0.376 e. The average Bonchev–Trinajstić information content (AvgIpc) is 3.20. The number of halogens is 1. The number of rotatable bonds is 3. The van der Waals surface area contributed by atoms with Crippen molar-refractivity contribution in [1.82, 2.24) is 19.2 Å². The summed E-state index contributed by atoms with van der Waals surface area (Å²) in [6, 6.07) is 6.99. The Kier molecular flexibility index (Phi) is 4.83. The second kappa shape index (κ2) is 7.52. The van der Waals surface area contributed by atoms with E-state index in [1.807, 2.05) is 0 Å².